The number of fused-ring (bicyclic) bond motifs is 1. The molecule has 0 spiro atoms. The predicted octanol–water partition coefficient (Wildman–Crippen LogP) is 2.60. The molecule has 2 atom stereocenters. The van der Waals surface area contributed by atoms with Crippen molar-refractivity contribution >= 4 is 22.6 Å². The average Bonchev–Trinajstić information content (AvgIpc) is 3.01. The van der Waals surface area contributed by atoms with E-state index in [2.05, 4.69) is 31.1 Å². The molecule has 2 aliphatic rings. The minimum Gasteiger partial charge on any atom is -0.381 e. The van der Waals surface area contributed by atoms with Gasteiger partial charge in [0.05, 0.1) is 16.5 Å². The molecule has 3 rings (SSSR count). The molecular weight excluding hydrogens is 336 g/mol. The van der Waals surface area contributed by atoms with E-state index in [-0.39, 0.29) is 0 Å². The third-order valence-corrected chi connectivity index (χ3v) is 6.69. The van der Waals surface area contributed by atoms with Crippen molar-refractivity contribution in [3.05, 3.63) is 5.69 Å². The second-order valence-corrected chi connectivity index (χ2v) is 8.67. The van der Waals surface area contributed by atoms with Gasteiger partial charge >= 0.3 is 0 Å². The molecule has 0 amide bonds. The van der Waals surface area contributed by atoms with Gasteiger partial charge in [0.25, 0.3) is 0 Å². The van der Waals surface area contributed by atoms with Crippen LogP contribution in [0.25, 0.3) is 0 Å². The Hall–Kier alpha value is -1.21. The van der Waals surface area contributed by atoms with Gasteiger partial charge in [-0.3, -0.25) is 4.21 Å². The summed E-state index contributed by atoms with van der Waals surface area (Å²) >= 11 is 0. The lowest BCUT2D eigenvalue weighted by molar-refractivity contribution is 0.0645. The highest BCUT2D eigenvalue weighted by Crippen LogP contribution is 2.30. The van der Waals surface area contributed by atoms with Gasteiger partial charge in [0.2, 0.25) is 5.95 Å². The highest BCUT2D eigenvalue weighted by atomic mass is 32.2. The zero-order chi connectivity index (χ0) is 17.8. The molecule has 0 saturated carbocycles. The molecule has 3 heterocycles. The Balaban J connectivity index is 1.74. The fourth-order valence-electron chi connectivity index (χ4n) is 3.30. The van der Waals surface area contributed by atoms with Gasteiger partial charge in [-0.15, -0.1) is 0 Å². The maximum atomic E-state index is 12.3. The maximum Gasteiger partial charge on any atom is 0.227 e. The number of hydrogen-bond donors (Lipinski definition) is 1. The zero-order valence-electron chi connectivity index (χ0n) is 15.6. The standard InChI is InChI=1S/C18H30N4O2S/c1-4-13(2)19-17-16-15(8-12-25(16)23)20-18(21-17)22(3)9-5-14-6-10-24-11-7-14/h13-14H,4-12H2,1-3H3,(H,19,20,21)/t13-,25-/m1/s1. The Kier molecular flexibility index (Phi) is 6.28. The SMILES string of the molecule is CC[C@@H](C)Nc1nc(N(C)CCC2CCOCC2)nc2c1[S@](=O)CC2. The quantitative estimate of drug-likeness (QED) is 0.800. The first kappa shape index (κ1) is 18.6. The summed E-state index contributed by atoms with van der Waals surface area (Å²) in [7, 11) is 1.08. The lowest BCUT2D eigenvalue weighted by Gasteiger charge is -2.25. The van der Waals surface area contributed by atoms with Gasteiger partial charge in [-0.2, -0.15) is 4.98 Å². The molecule has 6 nitrogen and oxygen atoms in total. The Morgan fingerprint density at radius 2 is 2.12 bits per heavy atom. The van der Waals surface area contributed by atoms with Crippen molar-refractivity contribution in [2.24, 2.45) is 5.92 Å². The summed E-state index contributed by atoms with van der Waals surface area (Å²) in [5.41, 5.74) is 0.951. The van der Waals surface area contributed by atoms with E-state index in [9.17, 15) is 4.21 Å². The van der Waals surface area contributed by atoms with E-state index < -0.39 is 10.8 Å². The van der Waals surface area contributed by atoms with Crippen molar-refractivity contribution in [2.45, 2.75) is 56.9 Å². The molecule has 140 valence electrons. The molecule has 1 aromatic rings. The molecule has 2 aliphatic heterocycles. The summed E-state index contributed by atoms with van der Waals surface area (Å²) < 4.78 is 17.8. The minimum absolute atomic E-state index is 0.303. The van der Waals surface area contributed by atoms with Gasteiger partial charge in [0.1, 0.15) is 10.7 Å². The van der Waals surface area contributed by atoms with Gasteiger partial charge in [0.15, 0.2) is 0 Å². The van der Waals surface area contributed by atoms with E-state index in [0.29, 0.717) is 11.8 Å². The van der Waals surface area contributed by atoms with Crippen LogP contribution in [0.15, 0.2) is 4.90 Å². The number of rotatable bonds is 7. The first-order valence-electron chi connectivity index (χ1n) is 9.43. The number of nitrogens with one attached hydrogen (secondary N) is 1. The van der Waals surface area contributed by atoms with Crippen LogP contribution in [0.1, 0.15) is 45.2 Å². The highest BCUT2D eigenvalue weighted by molar-refractivity contribution is 7.85. The van der Waals surface area contributed by atoms with E-state index in [1.165, 1.54) is 0 Å². The van der Waals surface area contributed by atoms with Gasteiger partial charge < -0.3 is 15.0 Å². The number of hydrogen-bond acceptors (Lipinski definition) is 6. The van der Waals surface area contributed by atoms with Crippen molar-refractivity contribution in [3.63, 3.8) is 0 Å². The highest BCUT2D eigenvalue weighted by Gasteiger charge is 2.27. The summed E-state index contributed by atoms with van der Waals surface area (Å²) in [6.45, 7) is 6.98. The van der Waals surface area contributed by atoms with Crippen molar-refractivity contribution in [1.29, 1.82) is 0 Å². The summed E-state index contributed by atoms with van der Waals surface area (Å²) in [4.78, 5) is 12.4. The molecule has 0 aromatic carbocycles. The Morgan fingerprint density at radius 1 is 1.36 bits per heavy atom. The maximum absolute atomic E-state index is 12.3. The van der Waals surface area contributed by atoms with Crippen LogP contribution in [0.4, 0.5) is 11.8 Å². The van der Waals surface area contributed by atoms with E-state index in [1.54, 1.807) is 0 Å². The number of anilines is 2. The second kappa shape index (κ2) is 8.45. The Labute approximate surface area is 153 Å². The summed E-state index contributed by atoms with van der Waals surface area (Å²) in [6, 6.07) is 0.303. The lowest BCUT2D eigenvalue weighted by atomic mass is 9.96. The third-order valence-electron chi connectivity index (χ3n) is 5.23. The normalized spacial score (nSPS) is 21.8. The van der Waals surface area contributed by atoms with E-state index in [1.807, 2.05) is 0 Å². The molecule has 1 aromatic heterocycles. The van der Waals surface area contributed by atoms with Gasteiger partial charge in [-0.25, -0.2) is 4.98 Å². The number of aryl methyl sites for hydroxylation is 1. The fourth-order valence-corrected chi connectivity index (χ4v) is 4.61. The van der Waals surface area contributed by atoms with Crippen LogP contribution in [0.5, 0.6) is 0 Å². The molecule has 0 aliphatic carbocycles. The monoisotopic (exact) mass is 366 g/mol. The van der Waals surface area contributed by atoms with E-state index >= 15 is 0 Å². The molecule has 0 unspecified atom stereocenters. The first-order valence-corrected chi connectivity index (χ1v) is 10.7. The minimum atomic E-state index is -0.977. The molecule has 1 N–H and O–H groups in total. The Bertz CT molecular complexity index is 619. The van der Waals surface area contributed by atoms with Crippen molar-refractivity contribution in [1.82, 2.24) is 9.97 Å². The summed E-state index contributed by atoms with van der Waals surface area (Å²) in [5, 5.41) is 3.44. The largest absolute Gasteiger partial charge is 0.381 e. The van der Waals surface area contributed by atoms with Gasteiger partial charge in [-0.1, -0.05) is 6.92 Å². The van der Waals surface area contributed by atoms with Crippen molar-refractivity contribution in [2.75, 3.05) is 42.8 Å². The first-order chi connectivity index (χ1) is 12.1. The summed E-state index contributed by atoms with van der Waals surface area (Å²) in [6.07, 6.45) is 5.22. The smallest absolute Gasteiger partial charge is 0.227 e. The van der Waals surface area contributed by atoms with Crippen LogP contribution in [-0.4, -0.2) is 52.8 Å². The summed E-state index contributed by atoms with van der Waals surface area (Å²) in [5.74, 6) is 2.91. The number of nitrogens with zero attached hydrogens (tertiary/aromatic N) is 3. The van der Waals surface area contributed by atoms with Gasteiger partial charge in [-0.05, 0) is 38.5 Å². The average molecular weight is 367 g/mol. The topological polar surface area (TPSA) is 67.3 Å². The molecule has 1 saturated heterocycles. The fraction of sp³-hybridized carbons (Fsp3) is 0.778. The molecule has 25 heavy (non-hydrogen) atoms. The molecule has 7 heteroatoms. The second-order valence-electron chi connectivity index (χ2n) is 7.17. The van der Waals surface area contributed by atoms with Crippen LogP contribution in [-0.2, 0) is 22.0 Å². The molecule has 0 bridgehead atoms. The molecular formula is C18H30N4O2S. The lowest BCUT2D eigenvalue weighted by Crippen LogP contribution is -2.26. The third kappa shape index (κ3) is 4.50. The molecule has 1 fully saturated rings. The molecule has 0 radical (unpaired) electrons. The zero-order valence-corrected chi connectivity index (χ0v) is 16.4. The van der Waals surface area contributed by atoms with Gasteiger partial charge in [0, 0.05) is 45.0 Å². The van der Waals surface area contributed by atoms with Crippen LogP contribution >= 0.6 is 0 Å². The van der Waals surface area contributed by atoms with Crippen molar-refractivity contribution < 1.29 is 8.95 Å². The van der Waals surface area contributed by atoms with Crippen LogP contribution < -0.4 is 10.2 Å². The van der Waals surface area contributed by atoms with E-state index in [4.69, 9.17) is 14.7 Å². The van der Waals surface area contributed by atoms with Crippen LogP contribution in [0.3, 0.4) is 0 Å². The van der Waals surface area contributed by atoms with Crippen molar-refractivity contribution in [3.8, 4) is 0 Å². The predicted molar refractivity (Wildman–Crippen MR) is 102 cm³/mol. The van der Waals surface area contributed by atoms with E-state index in [0.717, 1.165) is 80.1 Å². The van der Waals surface area contributed by atoms with Crippen LogP contribution in [0, 0.1) is 5.92 Å². The van der Waals surface area contributed by atoms with Crippen LogP contribution in [0.2, 0.25) is 0 Å². The number of aromatic nitrogens is 2. The number of ether oxygens (including phenoxy) is 1. The Morgan fingerprint density at radius 3 is 2.84 bits per heavy atom.